The van der Waals surface area contributed by atoms with Crippen LogP contribution in [0.25, 0.3) is 0 Å². The van der Waals surface area contributed by atoms with Crippen molar-refractivity contribution in [1.82, 2.24) is 10.1 Å². The topological polar surface area (TPSA) is 75.4 Å². The molecule has 1 aliphatic rings. The van der Waals surface area contributed by atoms with E-state index in [4.69, 9.17) is 0 Å². The van der Waals surface area contributed by atoms with Crippen molar-refractivity contribution in [2.24, 2.45) is 5.92 Å². The highest BCUT2D eigenvalue weighted by atomic mass is 16.5. The van der Waals surface area contributed by atoms with Gasteiger partial charge < -0.3 is 14.7 Å². The fourth-order valence-corrected chi connectivity index (χ4v) is 1.85. The van der Waals surface area contributed by atoms with E-state index < -0.39 is 0 Å². The van der Waals surface area contributed by atoms with Crippen LogP contribution < -0.4 is 5.32 Å². The molecule has 6 nitrogen and oxygen atoms in total. The van der Waals surface area contributed by atoms with Crippen LogP contribution in [0.3, 0.4) is 0 Å². The molecule has 2 rings (SSSR count). The molecule has 1 N–H and O–H groups in total. The normalized spacial score (nSPS) is 15.9. The van der Waals surface area contributed by atoms with Gasteiger partial charge in [-0.1, -0.05) is 12.1 Å². The second kappa shape index (κ2) is 5.86. The third-order valence-electron chi connectivity index (χ3n) is 3.35. The van der Waals surface area contributed by atoms with Gasteiger partial charge in [0.05, 0.1) is 0 Å². The lowest BCUT2D eigenvalue weighted by Gasteiger charge is -2.28. The fraction of sp³-hybridized carbons (Fsp3) is 0.615. The van der Waals surface area contributed by atoms with Crippen molar-refractivity contribution >= 4 is 17.6 Å². The SMILES string of the molecule is CCC(C)N(CC(=O)Nc1ccon1)C(=O)C1CC1. The summed E-state index contributed by atoms with van der Waals surface area (Å²) in [7, 11) is 0. The average molecular weight is 265 g/mol. The molecule has 1 heterocycles. The van der Waals surface area contributed by atoms with Gasteiger partial charge in [-0.05, 0) is 26.2 Å². The predicted molar refractivity (Wildman–Crippen MR) is 69.3 cm³/mol. The Morgan fingerprint density at radius 3 is 2.84 bits per heavy atom. The molecule has 0 spiro atoms. The number of carbonyl (C=O) groups is 2. The summed E-state index contributed by atoms with van der Waals surface area (Å²) in [6.45, 7) is 4.04. The number of aromatic nitrogens is 1. The first kappa shape index (κ1) is 13.6. The van der Waals surface area contributed by atoms with Crippen molar-refractivity contribution in [3.05, 3.63) is 12.3 Å². The van der Waals surface area contributed by atoms with Gasteiger partial charge in [0.25, 0.3) is 0 Å². The summed E-state index contributed by atoms with van der Waals surface area (Å²) in [6.07, 6.45) is 4.10. The van der Waals surface area contributed by atoms with Crippen LogP contribution in [-0.4, -0.2) is 34.5 Å². The second-order valence-electron chi connectivity index (χ2n) is 4.93. The number of anilines is 1. The molecule has 0 aromatic carbocycles. The summed E-state index contributed by atoms with van der Waals surface area (Å²) in [5.74, 6) is 0.328. The lowest BCUT2D eigenvalue weighted by Crippen LogP contribution is -2.44. The number of hydrogen-bond donors (Lipinski definition) is 1. The van der Waals surface area contributed by atoms with Crippen molar-refractivity contribution in [3.8, 4) is 0 Å². The Morgan fingerprint density at radius 1 is 1.58 bits per heavy atom. The molecule has 0 saturated heterocycles. The monoisotopic (exact) mass is 265 g/mol. The van der Waals surface area contributed by atoms with Gasteiger partial charge in [-0.15, -0.1) is 0 Å². The first-order valence-corrected chi connectivity index (χ1v) is 6.62. The number of hydrogen-bond acceptors (Lipinski definition) is 4. The van der Waals surface area contributed by atoms with Gasteiger partial charge >= 0.3 is 0 Å². The Balaban J connectivity index is 1.94. The van der Waals surface area contributed by atoms with Crippen LogP contribution in [0.4, 0.5) is 5.82 Å². The zero-order valence-corrected chi connectivity index (χ0v) is 11.3. The van der Waals surface area contributed by atoms with Crippen LogP contribution >= 0.6 is 0 Å². The first-order valence-electron chi connectivity index (χ1n) is 6.62. The summed E-state index contributed by atoms with van der Waals surface area (Å²) >= 11 is 0. The minimum atomic E-state index is -0.247. The van der Waals surface area contributed by atoms with Crippen molar-refractivity contribution in [2.45, 2.75) is 39.2 Å². The Labute approximate surface area is 112 Å². The highest BCUT2D eigenvalue weighted by Crippen LogP contribution is 2.31. The van der Waals surface area contributed by atoms with Crippen LogP contribution in [-0.2, 0) is 9.59 Å². The Hall–Kier alpha value is -1.85. The van der Waals surface area contributed by atoms with Crippen molar-refractivity contribution in [1.29, 1.82) is 0 Å². The smallest absolute Gasteiger partial charge is 0.245 e. The van der Waals surface area contributed by atoms with E-state index in [1.54, 1.807) is 11.0 Å². The molecular formula is C13H19N3O3. The number of amides is 2. The zero-order valence-electron chi connectivity index (χ0n) is 11.3. The average Bonchev–Trinajstić information content (AvgIpc) is 3.13. The minimum absolute atomic E-state index is 0.0659. The van der Waals surface area contributed by atoms with Gasteiger partial charge in [0.15, 0.2) is 5.82 Å². The lowest BCUT2D eigenvalue weighted by atomic mass is 10.2. The molecule has 104 valence electrons. The highest BCUT2D eigenvalue weighted by Gasteiger charge is 2.35. The van der Waals surface area contributed by atoms with Crippen LogP contribution in [0.1, 0.15) is 33.1 Å². The third-order valence-corrected chi connectivity index (χ3v) is 3.35. The Bertz CT molecular complexity index is 440. The maximum absolute atomic E-state index is 12.2. The molecule has 0 bridgehead atoms. The Morgan fingerprint density at radius 2 is 2.32 bits per heavy atom. The fourth-order valence-electron chi connectivity index (χ4n) is 1.85. The van der Waals surface area contributed by atoms with E-state index in [1.165, 1.54) is 6.26 Å². The third kappa shape index (κ3) is 3.56. The van der Waals surface area contributed by atoms with Gasteiger partial charge in [-0.25, -0.2) is 0 Å². The maximum atomic E-state index is 12.2. The maximum Gasteiger partial charge on any atom is 0.245 e. The van der Waals surface area contributed by atoms with E-state index in [2.05, 4.69) is 15.0 Å². The largest absolute Gasteiger partial charge is 0.363 e. The van der Waals surface area contributed by atoms with Crippen LogP contribution in [0, 0.1) is 5.92 Å². The van der Waals surface area contributed by atoms with E-state index in [0.29, 0.717) is 5.82 Å². The van der Waals surface area contributed by atoms with Crippen molar-refractivity contribution < 1.29 is 14.1 Å². The van der Waals surface area contributed by atoms with E-state index in [-0.39, 0.29) is 30.3 Å². The van der Waals surface area contributed by atoms with Crippen LogP contribution in [0.15, 0.2) is 16.9 Å². The predicted octanol–water partition coefficient (Wildman–Crippen LogP) is 1.65. The standard InChI is InChI=1S/C13H19N3O3/c1-3-9(2)16(13(18)10-4-5-10)8-12(17)14-11-6-7-19-15-11/h6-7,9-10H,3-5,8H2,1-2H3,(H,14,15,17). The van der Waals surface area contributed by atoms with E-state index >= 15 is 0 Å². The minimum Gasteiger partial charge on any atom is -0.363 e. The van der Waals surface area contributed by atoms with Crippen LogP contribution in [0.5, 0.6) is 0 Å². The van der Waals surface area contributed by atoms with Crippen molar-refractivity contribution in [2.75, 3.05) is 11.9 Å². The molecule has 2 amide bonds. The molecular weight excluding hydrogens is 246 g/mol. The molecule has 0 aliphatic heterocycles. The second-order valence-corrected chi connectivity index (χ2v) is 4.93. The van der Waals surface area contributed by atoms with Crippen LogP contribution in [0.2, 0.25) is 0 Å². The van der Waals surface area contributed by atoms with Crippen molar-refractivity contribution in [3.63, 3.8) is 0 Å². The molecule has 1 fully saturated rings. The number of carbonyl (C=O) groups excluding carboxylic acids is 2. The summed E-state index contributed by atoms with van der Waals surface area (Å²) in [5.41, 5.74) is 0. The van der Waals surface area contributed by atoms with Gasteiger partial charge in [0.1, 0.15) is 12.8 Å². The highest BCUT2D eigenvalue weighted by molar-refractivity contribution is 5.94. The molecule has 1 aromatic rings. The lowest BCUT2D eigenvalue weighted by molar-refractivity contribution is -0.138. The summed E-state index contributed by atoms with van der Waals surface area (Å²) < 4.78 is 4.64. The molecule has 0 radical (unpaired) electrons. The molecule has 1 saturated carbocycles. The molecule has 1 unspecified atom stereocenters. The molecule has 19 heavy (non-hydrogen) atoms. The van der Waals surface area contributed by atoms with Gasteiger partial charge in [-0.2, -0.15) is 0 Å². The first-order chi connectivity index (χ1) is 9.11. The number of nitrogens with zero attached hydrogens (tertiary/aromatic N) is 2. The van der Waals surface area contributed by atoms with Gasteiger partial charge in [0.2, 0.25) is 11.8 Å². The zero-order chi connectivity index (χ0) is 13.8. The molecule has 1 atom stereocenters. The summed E-state index contributed by atoms with van der Waals surface area (Å²) in [4.78, 5) is 25.7. The van der Waals surface area contributed by atoms with E-state index in [9.17, 15) is 9.59 Å². The summed E-state index contributed by atoms with van der Waals surface area (Å²) in [5, 5.41) is 6.22. The Kier molecular flexibility index (Phi) is 4.19. The molecule has 6 heteroatoms. The van der Waals surface area contributed by atoms with E-state index in [0.717, 1.165) is 19.3 Å². The van der Waals surface area contributed by atoms with Gasteiger partial charge in [-0.3, -0.25) is 9.59 Å². The number of nitrogens with one attached hydrogen (secondary N) is 1. The summed E-state index contributed by atoms with van der Waals surface area (Å²) in [6, 6.07) is 1.63. The quantitative estimate of drug-likeness (QED) is 0.848. The molecule has 1 aliphatic carbocycles. The van der Waals surface area contributed by atoms with E-state index in [1.807, 2.05) is 13.8 Å². The van der Waals surface area contributed by atoms with Gasteiger partial charge in [0, 0.05) is 18.0 Å². The molecule has 1 aromatic heterocycles. The number of rotatable bonds is 6.